The minimum Gasteiger partial charge on any atom is -0.444 e. The van der Waals surface area contributed by atoms with Crippen molar-refractivity contribution in [1.29, 1.82) is 0 Å². The molecule has 1 N–H and O–H groups in total. The first-order valence-corrected chi connectivity index (χ1v) is 9.33. The van der Waals surface area contributed by atoms with Gasteiger partial charge in [0.05, 0.1) is 0 Å². The molecule has 0 saturated carbocycles. The summed E-state index contributed by atoms with van der Waals surface area (Å²) in [5.41, 5.74) is 3.63. The third-order valence-electron chi connectivity index (χ3n) is 4.88. The van der Waals surface area contributed by atoms with Crippen LogP contribution in [-0.4, -0.2) is 36.2 Å². The van der Waals surface area contributed by atoms with E-state index in [0.29, 0.717) is 0 Å². The average molecular weight is 347 g/mol. The maximum Gasteiger partial charge on any atom is 0.410 e. The summed E-state index contributed by atoms with van der Waals surface area (Å²) in [4.78, 5) is 14.2. The van der Waals surface area contributed by atoms with Gasteiger partial charge in [-0.1, -0.05) is 25.1 Å². The molecule has 1 saturated heterocycles. The molecule has 1 aromatic rings. The molecule has 1 heterocycles. The SMILES string of the molecule is Cc1ccc(CNCC2(C)CCCN(C(=O)OC(C)(C)C)C2)cc1C. The van der Waals surface area contributed by atoms with Gasteiger partial charge in [-0.05, 0) is 69.6 Å². The molecule has 0 aromatic heterocycles. The second-order valence-electron chi connectivity index (χ2n) is 8.84. The lowest BCUT2D eigenvalue weighted by Gasteiger charge is -2.41. The van der Waals surface area contributed by atoms with Gasteiger partial charge in [0, 0.05) is 26.2 Å². The van der Waals surface area contributed by atoms with Gasteiger partial charge in [-0.25, -0.2) is 4.79 Å². The van der Waals surface area contributed by atoms with E-state index in [-0.39, 0.29) is 11.5 Å². The predicted molar refractivity (Wildman–Crippen MR) is 103 cm³/mol. The quantitative estimate of drug-likeness (QED) is 0.877. The summed E-state index contributed by atoms with van der Waals surface area (Å²) >= 11 is 0. The Balaban J connectivity index is 1.87. The molecule has 1 amide bonds. The number of likely N-dealkylation sites (tertiary alicyclic amines) is 1. The molecule has 140 valence electrons. The van der Waals surface area contributed by atoms with Crippen LogP contribution in [0.1, 0.15) is 57.2 Å². The van der Waals surface area contributed by atoms with Crippen molar-refractivity contribution in [1.82, 2.24) is 10.2 Å². The number of ether oxygens (including phenoxy) is 1. The van der Waals surface area contributed by atoms with Gasteiger partial charge in [0.1, 0.15) is 5.60 Å². The molecular formula is C21H34N2O2. The van der Waals surface area contributed by atoms with E-state index in [1.54, 1.807) is 0 Å². The van der Waals surface area contributed by atoms with E-state index in [9.17, 15) is 4.79 Å². The number of carbonyl (C=O) groups excluding carboxylic acids is 1. The van der Waals surface area contributed by atoms with Gasteiger partial charge in [0.2, 0.25) is 0 Å². The number of hydrogen-bond acceptors (Lipinski definition) is 3. The topological polar surface area (TPSA) is 41.6 Å². The minimum atomic E-state index is -0.438. The molecule has 1 atom stereocenters. The van der Waals surface area contributed by atoms with Crippen LogP contribution in [-0.2, 0) is 11.3 Å². The largest absolute Gasteiger partial charge is 0.444 e. The van der Waals surface area contributed by atoms with Gasteiger partial charge >= 0.3 is 6.09 Å². The highest BCUT2D eigenvalue weighted by Crippen LogP contribution is 2.29. The molecule has 25 heavy (non-hydrogen) atoms. The smallest absolute Gasteiger partial charge is 0.410 e. The number of rotatable bonds is 4. The predicted octanol–water partition coefficient (Wildman–Crippen LogP) is 4.43. The Morgan fingerprint density at radius 1 is 1.28 bits per heavy atom. The summed E-state index contributed by atoms with van der Waals surface area (Å²) < 4.78 is 5.54. The fourth-order valence-electron chi connectivity index (χ4n) is 3.36. The van der Waals surface area contributed by atoms with Crippen molar-refractivity contribution in [3.63, 3.8) is 0 Å². The Hall–Kier alpha value is -1.55. The van der Waals surface area contributed by atoms with E-state index in [1.165, 1.54) is 16.7 Å². The average Bonchev–Trinajstić information content (AvgIpc) is 2.49. The molecule has 1 unspecified atom stereocenters. The van der Waals surface area contributed by atoms with Gasteiger partial charge in [0.15, 0.2) is 0 Å². The summed E-state index contributed by atoms with van der Waals surface area (Å²) in [5, 5.41) is 3.59. The van der Waals surface area contributed by atoms with Crippen molar-refractivity contribution in [3.8, 4) is 0 Å². The molecule has 2 rings (SSSR count). The Morgan fingerprint density at radius 2 is 2.00 bits per heavy atom. The first-order chi connectivity index (χ1) is 11.6. The second-order valence-corrected chi connectivity index (χ2v) is 8.84. The number of hydrogen-bond donors (Lipinski definition) is 1. The zero-order chi connectivity index (χ0) is 18.7. The van der Waals surface area contributed by atoms with Crippen molar-refractivity contribution in [2.24, 2.45) is 5.41 Å². The second kappa shape index (κ2) is 7.77. The molecule has 0 radical (unpaired) electrons. The zero-order valence-electron chi connectivity index (χ0n) is 16.7. The van der Waals surface area contributed by atoms with Crippen LogP contribution in [0.15, 0.2) is 18.2 Å². The molecule has 1 aliphatic rings. The van der Waals surface area contributed by atoms with Crippen molar-refractivity contribution in [2.45, 2.75) is 66.5 Å². The maximum atomic E-state index is 12.3. The van der Waals surface area contributed by atoms with E-state index < -0.39 is 5.60 Å². The van der Waals surface area contributed by atoms with Gasteiger partial charge in [-0.3, -0.25) is 0 Å². The Kier molecular flexibility index (Phi) is 6.15. The number of carbonyl (C=O) groups is 1. The first-order valence-electron chi connectivity index (χ1n) is 9.33. The third-order valence-corrected chi connectivity index (χ3v) is 4.88. The number of piperidine rings is 1. The summed E-state index contributed by atoms with van der Waals surface area (Å²) in [7, 11) is 0. The Bertz CT molecular complexity index is 606. The standard InChI is InChI=1S/C21H34N2O2/c1-16-8-9-18(12-17(16)2)13-22-14-21(6)10-7-11-23(15-21)19(24)25-20(3,4)5/h8-9,12,22H,7,10-11,13-15H2,1-6H3. The Morgan fingerprint density at radius 3 is 2.64 bits per heavy atom. The van der Waals surface area contributed by atoms with E-state index in [2.05, 4.69) is 44.3 Å². The van der Waals surface area contributed by atoms with E-state index >= 15 is 0 Å². The summed E-state index contributed by atoms with van der Waals surface area (Å²) in [6, 6.07) is 6.61. The highest BCUT2D eigenvalue weighted by Gasteiger charge is 2.34. The lowest BCUT2D eigenvalue weighted by molar-refractivity contribution is 0.00675. The normalized spacial score (nSPS) is 21.3. The first kappa shape index (κ1) is 19.8. The van der Waals surface area contributed by atoms with Crippen LogP contribution in [0.5, 0.6) is 0 Å². The van der Waals surface area contributed by atoms with E-state index in [4.69, 9.17) is 4.74 Å². The van der Waals surface area contributed by atoms with Gasteiger partial charge in [0.25, 0.3) is 0 Å². The molecule has 0 aliphatic carbocycles. The van der Waals surface area contributed by atoms with Crippen molar-refractivity contribution in [2.75, 3.05) is 19.6 Å². The number of aryl methyl sites for hydroxylation is 2. The molecule has 0 bridgehead atoms. The fraction of sp³-hybridized carbons (Fsp3) is 0.667. The van der Waals surface area contributed by atoms with E-state index in [0.717, 1.165) is 39.0 Å². The summed E-state index contributed by atoms with van der Waals surface area (Å²) in [6.45, 7) is 15.6. The molecule has 1 aliphatic heterocycles. The molecule has 1 fully saturated rings. The monoisotopic (exact) mass is 346 g/mol. The number of benzene rings is 1. The van der Waals surface area contributed by atoms with Crippen LogP contribution in [0.4, 0.5) is 4.79 Å². The lowest BCUT2D eigenvalue weighted by Crippen LogP contribution is -2.50. The highest BCUT2D eigenvalue weighted by molar-refractivity contribution is 5.68. The summed E-state index contributed by atoms with van der Waals surface area (Å²) in [6.07, 6.45) is 1.97. The number of amides is 1. The van der Waals surface area contributed by atoms with Crippen molar-refractivity contribution < 1.29 is 9.53 Å². The Labute approximate surface area is 152 Å². The molecule has 4 heteroatoms. The van der Waals surface area contributed by atoms with Gasteiger partial charge in [-0.15, -0.1) is 0 Å². The molecule has 4 nitrogen and oxygen atoms in total. The molecule has 0 spiro atoms. The van der Waals surface area contributed by atoms with Crippen molar-refractivity contribution in [3.05, 3.63) is 34.9 Å². The minimum absolute atomic E-state index is 0.0922. The van der Waals surface area contributed by atoms with Crippen molar-refractivity contribution >= 4 is 6.09 Å². The third kappa shape index (κ3) is 6.03. The van der Waals surface area contributed by atoms with E-state index in [1.807, 2.05) is 25.7 Å². The molecule has 1 aromatic carbocycles. The van der Waals surface area contributed by atoms with Crippen LogP contribution < -0.4 is 5.32 Å². The lowest BCUT2D eigenvalue weighted by atomic mass is 9.82. The van der Waals surface area contributed by atoms with Crippen LogP contribution >= 0.6 is 0 Å². The van der Waals surface area contributed by atoms with Crippen LogP contribution in [0.25, 0.3) is 0 Å². The molecular weight excluding hydrogens is 312 g/mol. The highest BCUT2D eigenvalue weighted by atomic mass is 16.6. The van der Waals surface area contributed by atoms with Crippen LogP contribution in [0.2, 0.25) is 0 Å². The van der Waals surface area contributed by atoms with Crippen LogP contribution in [0, 0.1) is 19.3 Å². The number of nitrogens with zero attached hydrogens (tertiary/aromatic N) is 1. The maximum absolute atomic E-state index is 12.3. The summed E-state index contributed by atoms with van der Waals surface area (Å²) in [5.74, 6) is 0. The van der Waals surface area contributed by atoms with Gasteiger partial charge in [-0.2, -0.15) is 0 Å². The fourth-order valence-corrected chi connectivity index (χ4v) is 3.36. The zero-order valence-corrected chi connectivity index (χ0v) is 16.7. The van der Waals surface area contributed by atoms with Gasteiger partial charge < -0.3 is 15.0 Å². The van der Waals surface area contributed by atoms with Crippen LogP contribution in [0.3, 0.4) is 0 Å². The number of nitrogens with one attached hydrogen (secondary N) is 1.